The molecular formula is C21H24N4O2. The van der Waals surface area contributed by atoms with Crippen molar-refractivity contribution >= 4 is 22.5 Å². The van der Waals surface area contributed by atoms with E-state index < -0.39 is 0 Å². The minimum Gasteiger partial charge on any atom is -0.324 e. The summed E-state index contributed by atoms with van der Waals surface area (Å²) in [5.74, 6) is 0.436. The van der Waals surface area contributed by atoms with Crippen LogP contribution in [0.2, 0.25) is 0 Å². The topological polar surface area (TPSA) is 78.1 Å². The van der Waals surface area contributed by atoms with Gasteiger partial charge in [-0.05, 0) is 51.1 Å². The van der Waals surface area contributed by atoms with Crippen molar-refractivity contribution in [1.29, 1.82) is 0 Å². The molecule has 0 bridgehead atoms. The molecule has 0 spiro atoms. The SMILES string of the molecule is Cc1cccc(C)c1NC(=O)C(C)N(C)Cc1nc2ccccc2c(=O)[nH]1. The average molecular weight is 364 g/mol. The van der Waals surface area contributed by atoms with Crippen LogP contribution in [-0.4, -0.2) is 33.9 Å². The van der Waals surface area contributed by atoms with Gasteiger partial charge in [0.05, 0.1) is 23.5 Å². The second-order valence-corrected chi connectivity index (χ2v) is 6.88. The highest BCUT2D eigenvalue weighted by molar-refractivity contribution is 5.95. The number of H-pyrrole nitrogens is 1. The molecule has 1 atom stereocenters. The molecule has 0 radical (unpaired) electrons. The molecule has 1 unspecified atom stereocenters. The minimum atomic E-state index is -0.388. The molecule has 27 heavy (non-hydrogen) atoms. The number of aromatic amines is 1. The molecule has 0 aliphatic carbocycles. The van der Waals surface area contributed by atoms with Gasteiger partial charge in [0.25, 0.3) is 5.56 Å². The maximum atomic E-state index is 12.7. The van der Waals surface area contributed by atoms with Gasteiger partial charge in [-0.3, -0.25) is 14.5 Å². The first-order chi connectivity index (χ1) is 12.9. The Morgan fingerprint density at radius 3 is 2.52 bits per heavy atom. The molecule has 1 amide bonds. The molecular weight excluding hydrogens is 340 g/mol. The summed E-state index contributed by atoms with van der Waals surface area (Å²) in [5, 5.41) is 3.57. The van der Waals surface area contributed by atoms with Crippen LogP contribution in [0, 0.1) is 13.8 Å². The Bertz CT molecular complexity index is 1020. The molecule has 6 heteroatoms. The molecule has 1 aromatic heterocycles. The summed E-state index contributed by atoms with van der Waals surface area (Å²) in [5.41, 5.74) is 3.38. The van der Waals surface area contributed by atoms with Gasteiger partial charge in [-0.15, -0.1) is 0 Å². The van der Waals surface area contributed by atoms with E-state index in [9.17, 15) is 9.59 Å². The summed E-state index contributed by atoms with van der Waals surface area (Å²) < 4.78 is 0. The number of carbonyl (C=O) groups is 1. The van der Waals surface area contributed by atoms with Crippen LogP contribution in [0.3, 0.4) is 0 Å². The number of aromatic nitrogens is 2. The largest absolute Gasteiger partial charge is 0.324 e. The molecule has 1 heterocycles. The van der Waals surface area contributed by atoms with Crippen LogP contribution in [0.4, 0.5) is 5.69 Å². The summed E-state index contributed by atoms with van der Waals surface area (Å²) in [7, 11) is 1.84. The summed E-state index contributed by atoms with van der Waals surface area (Å²) in [6.45, 7) is 6.14. The van der Waals surface area contributed by atoms with Crippen LogP contribution >= 0.6 is 0 Å². The van der Waals surface area contributed by atoms with E-state index in [4.69, 9.17) is 0 Å². The first-order valence-corrected chi connectivity index (χ1v) is 8.92. The van der Waals surface area contributed by atoms with Crippen molar-refractivity contribution in [2.24, 2.45) is 0 Å². The maximum Gasteiger partial charge on any atom is 0.258 e. The predicted molar refractivity (Wildman–Crippen MR) is 108 cm³/mol. The molecule has 0 saturated carbocycles. The fourth-order valence-electron chi connectivity index (χ4n) is 3.02. The smallest absolute Gasteiger partial charge is 0.258 e. The quantitative estimate of drug-likeness (QED) is 0.729. The number of likely N-dealkylation sites (N-methyl/N-ethyl adjacent to an activating group) is 1. The molecule has 0 saturated heterocycles. The minimum absolute atomic E-state index is 0.0990. The van der Waals surface area contributed by atoms with E-state index in [-0.39, 0.29) is 17.5 Å². The Labute approximate surface area is 158 Å². The Balaban J connectivity index is 1.75. The molecule has 2 N–H and O–H groups in total. The van der Waals surface area contributed by atoms with E-state index in [2.05, 4.69) is 15.3 Å². The second-order valence-electron chi connectivity index (χ2n) is 6.88. The monoisotopic (exact) mass is 364 g/mol. The normalized spacial score (nSPS) is 12.3. The highest BCUT2D eigenvalue weighted by Gasteiger charge is 2.20. The van der Waals surface area contributed by atoms with Gasteiger partial charge >= 0.3 is 0 Å². The van der Waals surface area contributed by atoms with E-state index in [1.807, 2.05) is 69.1 Å². The Morgan fingerprint density at radius 2 is 1.81 bits per heavy atom. The Kier molecular flexibility index (Phi) is 5.37. The summed E-state index contributed by atoms with van der Waals surface area (Å²) in [4.78, 5) is 34.1. The first-order valence-electron chi connectivity index (χ1n) is 8.92. The number of hydrogen-bond donors (Lipinski definition) is 2. The molecule has 0 aliphatic rings. The molecule has 0 fully saturated rings. The van der Waals surface area contributed by atoms with Crippen molar-refractivity contribution in [2.75, 3.05) is 12.4 Å². The number of carbonyl (C=O) groups excluding carboxylic acids is 1. The van der Waals surface area contributed by atoms with E-state index in [0.717, 1.165) is 16.8 Å². The third-order valence-electron chi connectivity index (χ3n) is 4.83. The molecule has 140 valence electrons. The van der Waals surface area contributed by atoms with E-state index in [0.29, 0.717) is 23.3 Å². The zero-order valence-electron chi connectivity index (χ0n) is 16.0. The lowest BCUT2D eigenvalue weighted by Crippen LogP contribution is -2.40. The van der Waals surface area contributed by atoms with Gasteiger partial charge in [0.15, 0.2) is 0 Å². The van der Waals surface area contributed by atoms with Crippen molar-refractivity contribution < 1.29 is 4.79 Å². The third kappa shape index (κ3) is 4.06. The van der Waals surface area contributed by atoms with Gasteiger partial charge in [-0.2, -0.15) is 0 Å². The Hall–Kier alpha value is -2.99. The van der Waals surface area contributed by atoms with Crippen LogP contribution in [-0.2, 0) is 11.3 Å². The standard InChI is InChI=1S/C21H24N4O2/c1-13-8-7-9-14(2)19(13)24-20(26)15(3)25(4)12-18-22-17-11-6-5-10-16(17)21(27)23-18/h5-11,15H,12H2,1-4H3,(H,24,26)(H,22,23,27). The van der Waals surface area contributed by atoms with Crippen molar-refractivity contribution in [3.05, 3.63) is 69.8 Å². The first kappa shape index (κ1) is 18.8. The number of rotatable bonds is 5. The Morgan fingerprint density at radius 1 is 1.15 bits per heavy atom. The lowest BCUT2D eigenvalue weighted by Gasteiger charge is -2.24. The van der Waals surface area contributed by atoms with Crippen LogP contribution in [0.25, 0.3) is 10.9 Å². The van der Waals surface area contributed by atoms with E-state index in [1.54, 1.807) is 6.07 Å². The summed E-state index contributed by atoms with van der Waals surface area (Å²) in [6.07, 6.45) is 0. The van der Waals surface area contributed by atoms with Gasteiger partial charge in [0.2, 0.25) is 5.91 Å². The number of hydrogen-bond acceptors (Lipinski definition) is 4. The van der Waals surface area contributed by atoms with Gasteiger partial charge in [-0.25, -0.2) is 4.98 Å². The van der Waals surface area contributed by atoms with Crippen LogP contribution in [0.15, 0.2) is 47.3 Å². The van der Waals surface area contributed by atoms with Crippen molar-refractivity contribution in [3.63, 3.8) is 0 Å². The van der Waals surface area contributed by atoms with Gasteiger partial charge < -0.3 is 10.3 Å². The number of aryl methyl sites for hydroxylation is 2. The number of amides is 1. The van der Waals surface area contributed by atoms with Crippen LogP contribution in [0.1, 0.15) is 23.9 Å². The van der Waals surface area contributed by atoms with E-state index in [1.165, 1.54) is 0 Å². The molecule has 3 aromatic rings. The fourth-order valence-corrected chi connectivity index (χ4v) is 3.02. The highest BCUT2D eigenvalue weighted by Crippen LogP contribution is 2.20. The zero-order chi connectivity index (χ0) is 19.6. The van der Waals surface area contributed by atoms with Gasteiger partial charge in [0.1, 0.15) is 5.82 Å². The highest BCUT2D eigenvalue weighted by atomic mass is 16.2. The number of anilines is 1. The fraction of sp³-hybridized carbons (Fsp3) is 0.286. The number of benzene rings is 2. The van der Waals surface area contributed by atoms with Crippen molar-refractivity contribution in [2.45, 2.75) is 33.4 Å². The van der Waals surface area contributed by atoms with Crippen molar-refractivity contribution in [1.82, 2.24) is 14.9 Å². The molecule has 3 rings (SSSR count). The van der Waals surface area contributed by atoms with Crippen LogP contribution < -0.4 is 10.9 Å². The zero-order valence-corrected chi connectivity index (χ0v) is 16.0. The number of para-hydroxylation sites is 2. The van der Waals surface area contributed by atoms with E-state index >= 15 is 0 Å². The predicted octanol–water partition coefficient (Wildman–Crippen LogP) is 3.00. The number of fused-ring (bicyclic) bond motifs is 1. The lowest BCUT2D eigenvalue weighted by molar-refractivity contribution is -0.120. The number of nitrogens with zero attached hydrogens (tertiary/aromatic N) is 2. The van der Waals surface area contributed by atoms with Gasteiger partial charge in [-0.1, -0.05) is 30.3 Å². The molecule has 0 aliphatic heterocycles. The van der Waals surface area contributed by atoms with Crippen LogP contribution in [0.5, 0.6) is 0 Å². The number of nitrogens with one attached hydrogen (secondary N) is 2. The molecule has 6 nitrogen and oxygen atoms in total. The summed E-state index contributed by atoms with van der Waals surface area (Å²) in [6, 6.07) is 12.7. The second kappa shape index (κ2) is 7.72. The average Bonchev–Trinajstić information content (AvgIpc) is 2.64. The maximum absolute atomic E-state index is 12.7. The molecule has 2 aromatic carbocycles. The third-order valence-corrected chi connectivity index (χ3v) is 4.83. The lowest BCUT2D eigenvalue weighted by atomic mass is 10.1. The van der Waals surface area contributed by atoms with Gasteiger partial charge in [0, 0.05) is 5.69 Å². The summed E-state index contributed by atoms with van der Waals surface area (Å²) >= 11 is 0. The van der Waals surface area contributed by atoms with Crippen molar-refractivity contribution in [3.8, 4) is 0 Å².